The second kappa shape index (κ2) is 15.0. The fourth-order valence-corrected chi connectivity index (χ4v) is 4.33. The highest BCUT2D eigenvalue weighted by atomic mass is 16.5. The van der Waals surface area contributed by atoms with Crippen LogP contribution in [0.15, 0.2) is 54.6 Å². The van der Waals surface area contributed by atoms with Gasteiger partial charge in [0.2, 0.25) is 5.91 Å². The van der Waals surface area contributed by atoms with Gasteiger partial charge >= 0.3 is 13.2 Å². The van der Waals surface area contributed by atoms with Crippen molar-refractivity contribution in [2.75, 3.05) is 6.61 Å². The first kappa shape index (κ1) is 29.9. The number of ether oxygens (including phenoxy) is 1. The third kappa shape index (κ3) is 9.91. The molecule has 2 amide bonds. The maximum Gasteiger partial charge on any atom is 0.475 e. The van der Waals surface area contributed by atoms with Crippen molar-refractivity contribution in [2.45, 2.75) is 71.4 Å². The molecular weight excluding hydrogens is 469 g/mol. The third-order valence-corrected chi connectivity index (χ3v) is 6.12. The highest BCUT2D eigenvalue weighted by Gasteiger charge is 2.28. The van der Waals surface area contributed by atoms with E-state index in [1.807, 2.05) is 82.3 Å². The van der Waals surface area contributed by atoms with E-state index in [0.29, 0.717) is 19.3 Å². The van der Waals surface area contributed by atoms with E-state index >= 15 is 0 Å². The van der Waals surface area contributed by atoms with Gasteiger partial charge in [-0.25, -0.2) is 4.79 Å². The minimum absolute atomic E-state index is 0.0261. The van der Waals surface area contributed by atoms with E-state index in [0.717, 1.165) is 16.7 Å². The maximum atomic E-state index is 12.9. The van der Waals surface area contributed by atoms with Gasteiger partial charge in [0.1, 0.15) is 5.92 Å². The van der Waals surface area contributed by atoms with Crippen molar-refractivity contribution in [1.29, 1.82) is 5.26 Å². The smallest absolute Gasteiger partial charge is 0.449 e. The zero-order valence-corrected chi connectivity index (χ0v) is 22.1. The summed E-state index contributed by atoms with van der Waals surface area (Å²) in [6.07, 6.45) is 1.02. The van der Waals surface area contributed by atoms with Crippen LogP contribution in [0.3, 0.4) is 0 Å². The molecule has 2 aromatic carbocycles. The van der Waals surface area contributed by atoms with Crippen molar-refractivity contribution in [2.24, 2.45) is 5.92 Å². The van der Waals surface area contributed by atoms with Crippen molar-refractivity contribution in [1.82, 2.24) is 10.2 Å². The molecule has 0 saturated heterocycles. The predicted octanol–water partition coefficient (Wildman–Crippen LogP) is 3.30. The molecule has 0 saturated carbocycles. The zero-order valence-electron chi connectivity index (χ0n) is 22.1. The topological polar surface area (TPSA) is 123 Å². The highest BCUT2D eigenvalue weighted by molar-refractivity contribution is 6.43. The number of benzene rings is 2. The molecule has 8 nitrogen and oxygen atoms in total. The van der Waals surface area contributed by atoms with E-state index in [2.05, 4.69) is 11.4 Å². The molecule has 0 spiro atoms. The van der Waals surface area contributed by atoms with E-state index in [1.165, 1.54) is 0 Å². The van der Waals surface area contributed by atoms with Gasteiger partial charge in [-0.15, -0.1) is 0 Å². The minimum atomic E-state index is -1.72. The molecule has 3 N–H and O–H groups in total. The molecule has 0 radical (unpaired) electrons. The van der Waals surface area contributed by atoms with Crippen molar-refractivity contribution < 1.29 is 24.4 Å². The Labute approximate surface area is 220 Å². The van der Waals surface area contributed by atoms with Gasteiger partial charge in [0.15, 0.2) is 0 Å². The number of aryl methyl sites for hydroxylation is 1. The number of amides is 2. The van der Waals surface area contributed by atoms with E-state index in [-0.39, 0.29) is 31.0 Å². The number of hydrogen-bond donors (Lipinski definition) is 3. The quantitative estimate of drug-likeness (QED) is 0.358. The Morgan fingerprint density at radius 1 is 0.973 bits per heavy atom. The Kier molecular flexibility index (Phi) is 12.1. The Bertz CT molecular complexity index is 1030. The lowest BCUT2D eigenvalue weighted by atomic mass is 9.76. The number of rotatable bonds is 13. The third-order valence-electron chi connectivity index (χ3n) is 6.12. The molecule has 1 unspecified atom stereocenters. The highest BCUT2D eigenvalue weighted by Crippen LogP contribution is 2.17. The number of nitrogens with zero attached hydrogens (tertiary/aromatic N) is 2. The first-order valence-corrected chi connectivity index (χ1v) is 12.7. The molecule has 2 aromatic rings. The van der Waals surface area contributed by atoms with Crippen LogP contribution in [-0.4, -0.2) is 58.7 Å². The number of carbonyl (C=O) groups is 2. The standard InChI is InChI=1S/C28H38BN3O5/c1-20(2)32(21(3)4)27(33)25(19-30)14-13-23-11-8-12-24(17-23)15-16-37-28(34)31-26(29(35)36)18-22-9-6-5-7-10-22/h5-12,17,20-21,25-26,35-36H,13-16,18H2,1-4H3,(H,31,34)/t25?,26-/m0/s1. The summed E-state index contributed by atoms with van der Waals surface area (Å²) in [4.78, 5) is 26.9. The van der Waals surface area contributed by atoms with E-state index in [4.69, 9.17) is 4.74 Å². The monoisotopic (exact) mass is 507 g/mol. The lowest BCUT2D eigenvalue weighted by molar-refractivity contribution is -0.137. The average Bonchev–Trinajstić information content (AvgIpc) is 2.84. The van der Waals surface area contributed by atoms with E-state index < -0.39 is 25.1 Å². The lowest BCUT2D eigenvalue weighted by Crippen LogP contribution is -2.48. The summed E-state index contributed by atoms with van der Waals surface area (Å²) in [5.74, 6) is -1.73. The van der Waals surface area contributed by atoms with Crippen LogP contribution in [0.4, 0.5) is 4.79 Å². The number of alkyl carbamates (subject to hydrolysis) is 1. The van der Waals surface area contributed by atoms with Crippen LogP contribution in [0.1, 0.15) is 50.8 Å². The van der Waals surface area contributed by atoms with Gasteiger partial charge in [-0.3, -0.25) is 4.79 Å². The van der Waals surface area contributed by atoms with Gasteiger partial charge in [0.05, 0.1) is 18.6 Å². The van der Waals surface area contributed by atoms with Crippen LogP contribution < -0.4 is 5.32 Å². The fraction of sp³-hybridized carbons (Fsp3) is 0.464. The fourth-order valence-electron chi connectivity index (χ4n) is 4.33. The van der Waals surface area contributed by atoms with Gasteiger partial charge in [-0.2, -0.15) is 5.26 Å². The van der Waals surface area contributed by atoms with E-state index in [9.17, 15) is 24.9 Å². The largest absolute Gasteiger partial charge is 0.475 e. The number of nitrogens with one attached hydrogen (secondary N) is 1. The predicted molar refractivity (Wildman–Crippen MR) is 143 cm³/mol. The number of nitriles is 1. The zero-order chi connectivity index (χ0) is 27.4. The lowest BCUT2D eigenvalue weighted by Gasteiger charge is -2.32. The second-order valence-corrected chi connectivity index (χ2v) is 9.71. The van der Waals surface area contributed by atoms with Gasteiger partial charge in [-0.05, 0) is 63.6 Å². The van der Waals surface area contributed by atoms with Gasteiger partial charge in [-0.1, -0.05) is 54.6 Å². The first-order chi connectivity index (χ1) is 17.6. The molecule has 198 valence electrons. The maximum absolute atomic E-state index is 12.9. The molecule has 0 bridgehead atoms. The Hall–Kier alpha value is -3.35. The van der Waals surface area contributed by atoms with E-state index in [1.54, 1.807) is 4.90 Å². The summed E-state index contributed by atoms with van der Waals surface area (Å²) in [5, 5.41) is 31.4. The Morgan fingerprint density at radius 3 is 2.14 bits per heavy atom. The molecule has 2 atom stereocenters. The van der Waals surface area contributed by atoms with Gasteiger partial charge in [0.25, 0.3) is 0 Å². The molecule has 0 aliphatic heterocycles. The van der Waals surface area contributed by atoms with Crippen molar-refractivity contribution in [3.63, 3.8) is 0 Å². The molecule has 0 heterocycles. The molecule has 9 heteroatoms. The van der Waals surface area contributed by atoms with Gasteiger partial charge in [0, 0.05) is 18.5 Å². The summed E-state index contributed by atoms with van der Waals surface area (Å²) in [7, 11) is -1.72. The van der Waals surface area contributed by atoms with Crippen LogP contribution in [0.2, 0.25) is 0 Å². The van der Waals surface area contributed by atoms with Crippen LogP contribution in [0.25, 0.3) is 0 Å². The normalized spacial score (nSPS) is 12.5. The summed E-state index contributed by atoms with van der Waals surface area (Å²) in [5.41, 5.74) is 2.82. The second-order valence-electron chi connectivity index (χ2n) is 9.71. The molecule has 0 aliphatic carbocycles. The molecule has 0 aliphatic rings. The molecule has 0 fully saturated rings. The van der Waals surface area contributed by atoms with Crippen molar-refractivity contribution >= 4 is 19.1 Å². The summed E-state index contributed by atoms with van der Waals surface area (Å²) in [6.45, 7) is 7.92. The van der Waals surface area contributed by atoms with Crippen LogP contribution in [0.5, 0.6) is 0 Å². The summed E-state index contributed by atoms with van der Waals surface area (Å²) >= 11 is 0. The Balaban J connectivity index is 1.86. The number of carbonyl (C=O) groups excluding carboxylic acids is 2. The molecule has 37 heavy (non-hydrogen) atoms. The van der Waals surface area contributed by atoms with Crippen LogP contribution in [0, 0.1) is 17.2 Å². The van der Waals surface area contributed by atoms with Gasteiger partial charge < -0.3 is 25.0 Å². The van der Waals surface area contributed by atoms with Crippen LogP contribution in [-0.2, 0) is 28.8 Å². The first-order valence-electron chi connectivity index (χ1n) is 12.7. The summed E-state index contributed by atoms with van der Waals surface area (Å²) in [6, 6.07) is 19.2. The molecular formula is C28H38BN3O5. The summed E-state index contributed by atoms with van der Waals surface area (Å²) < 4.78 is 5.26. The molecule has 0 aromatic heterocycles. The number of hydrogen-bond acceptors (Lipinski definition) is 6. The minimum Gasteiger partial charge on any atom is -0.449 e. The average molecular weight is 507 g/mol. The molecule has 2 rings (SSSR count). The van der Waals surface area contributed by atoms with Crippen LogP contribution >= 0.6 is 0 Å². The Morgan fingerprint density at radius 2 is 1.57 bits per heavy atom. The van der Waals surface area contributed by atoms with Crippen molar-refractivity contribution in [3.8, 4) is 6.07 Å². The SMILES string of the molecule is CC(C)N(C(=O)C(C#N)CCc1cccc(CCOC(=O)N[C@@H](Cc2ccccc2)B(O)O)c1)C(C)C. The van der Waals surface area contributed by atoms with Crippen molar-refractivity contribution in [3.05, 3.63) is 71.3 Å².